The summed E-state index contributed by atoms with van der Waals surface area (Å²) in [5.74, 6) is 1.78. The van der Waals surface area contributed by atoms with E-state index in [1.54, 1.807) is 11.6 Å². The van der Waals surface area contributed by atoms with Gasteiger partial charge in [-0.2, -0.15) is 9.40 Å². The molecule has 0 saturated carbocycles. The predicted octanol–water partition coefficient (Wildman–Crippen LogP) is 3.98. The normalized spacial score (nSPS) is 17.0. The van der Waals surface area contributed by atoms with Gasteiger partial charge in [-0.15, -0.1) is 0 Å². The lowest BCUT2D eigenvalue weighted by Gasteiger charge is -2.14. The van der Waals surface area contributed by atoms with Crippen LogP contribution in [0.3, 0.4) is 0 Å². The minimum atomic E-state index is -3.45. The summed E-state index contributed by atoms with van der Waals surface area (Å²) >= 11 is 0. The van der Waals surface area contributed by atoms with Crippen molar-refractivity contribution in [2.75, 3.05) is 18.8 Å². The van der Waals surface area contributed by atoms with Crippen LogP contribution in [0.5, 0.6) is 11.5 Å². The third-order valence-corrected chi connectivity index (χ3v) is 7.43. The monoisotopic (exact) mass is 476 g/mol. The highest BCUT2D eigenvalue weighted by Gasteiger charge is 2.33. The number of fused-ring (bicyclic) bond motifs is 1. The second-order valence-corrected chi connectivity index (χ2v) is 9.82. The molecule has 0 spiro atoms. The van der Waals surface area contributed by atoms with E-state index in [1.165, 1.54) is 22.1 Å². The Morgan fingerprint density at radius 1 is 1.06 bits per heavy atom. The number of nitrogen functional groups attached to an aromatic ring is 1. The summed E-state index contributed by atoms with van der Waals surface area (Å²) in [4.78, 5) is 8.59. The molecule has 2 N–H and O–H groups in total. The Kier molecular flexibility index (Phi) is 5.76. The third-order valence-electron chi connectivity index (χ3n) is 5.76. The van der Waals surface area contributed by atoms with Gasteiger partial charge in [0.25, 0.3) is 0 Å². The molecule has 1 saturated heterocycles. The van der Waals surface area contributed by atoms with Gasteiger partial charge in [0.05, 0.1) is 11.4 Å². The number of hydrogen-bond acceptors (Lipinski definition) is 7. The van der Waals surface area contributed by atoms with Crippen molar-refractivity contribution >= 4 is 26.9 Å². The molecule has 0 aliphatic carbocycles. The van der Waals surface area contributed by atoms with E-state index in [9.17, 15) is 8.42 Å². The molecular formula is C24H24N6O3S. The third kappa shape index (κ3) is 4.13. The average Bonchev–Trinajstić information content (AvgIpc) is 3.47. The van der Waals surface area contributed by atoms with Crippen LogP contribution >= 0.6 is 0 Å². The van der Waals surface area contributed by atoms with Crippen LogP contribution in [0.1, 0.15) is 19.4 Å². The summed E-state index contributed by atoms with van der Waals surface area (Å²) in [5, 5.41) is 6.70. The Morgan fingerprint density at radius 3 is 2.53 bits per heavy atom. The molecule has 9 nitrogen and oxygen atoms in total. The van der Waals surface area contributed by atoms with Crippen LogP contribution in [0.25, 0.3) is 22.3 Å². The minimum Gasteiger partial charge on any atom is -0.457 e. The number of ether oxygens (including phenoxy) is 1. The minimum absolute atomic E-state index is 0.161. The molecule has 174 valence electrons. The summed E-state index contributed by atoms with van der Waals surface area (Å²) in [5.41, 5.74) is 8.30. The van der Waals surface area contributed by atoms with Gasteiger partial charge in [0.1, 0.15) is 29.3 Å². The highest BCUT2D eigenvalue weighted by Crippen LogP contribution is 2.35. The Balaban J connectivity index is 1.49. The van der Waals surface area contributed by atoms with Gasteiger partial charge in [-0.25, -0.2) is 23.1 Å². The highest BCUT2D eigenvalue weighted by atomic mass is 32.2. The van der Waals surface area contributed by atoms with E-state index in [0.29, 0.717) is 47.8 Å². The maximum Gasteiger partial charge on any atom is 0.235 e. The van der Waals surface area contributed by atoms with Crippen molar-refractivity contribution in [2.45, 2.75) is 19.4 Å². The average molecular weight is 477 g/mol. The van der Waals surface area contributed by atoms with Crippen LogP contribution in [0.15, 0.2) is 72.4 Å². The number of anilines is 1. The number of nitrogens with zero attached hydrogens (tertiary/aromatic N) is 5. The van der Waals surface area contributed by atoms with Crippen molar-refractivity contribution in [3.8, 4) is 22.8 Å². The van der Waals surface area contributed by atoms with E-state index in [1.807, 2.05) is 54.6 Å². The molecule has 0 bridgehead atoms. The first-order valence-electron chi connectivity index (χ1n) is 10.9. The van der Waals surface area contributed by atoms with Crippen LogP contribution in [0.4, 0.5) is 5.82 Å². The van der Waals surface area contributed by atoms with Crippen molar-refractivity contribution in [2.24, 2.45) is 0 Å². The zero-order valence-electron chi connectivity index (χ0n) is 18.6. The molecule has 1 aliphatic heterocycles. The van der Waals surface area contributed by atoms with Crippen LogP contribution in [0.2, 0.25) is 0 Å². The summed E-state index contributed by atoms with van der Waals surface area (Å²) in [6.45, 7) is 2.42. The predicted molar refractivity (Wildman–Crippen MR) is 131 cm³/mol. The van der Waals surface area contributed by atoms with E-state index in [2.05, 4.69) is 9.97 Å². The largest absolute Gasteiger partial charge is 0.457 e. The Morgan fingerprint density at radius 2 is 1.79 bits per heavy atom. The molecular weight excluding hydrogens is 452 g/mol. The molecule has 5 rings (SSSR count). The standard InChI is InChI=1S/C24H24N6O3S/c1-2-14-34(31,32)29-13-12-18(15-29)30-24-21(23(25)26-16-27-24)22(28-30)17-8-10-20(11-9-17)33-19-6-4-3-5-7-19/h2-11,14,16,18H,12-13,15H2,1H3,(H2,25,26,27)/b14-2+. The first kappa shape index (κ1) is 22.1. The maximum atomic E-state index is 12.5. The fraction of sp³-hybridized carbons (Fsp3) is 0.208. The quantitative estimate of drug-likeness (QED) is 0.447. The van der Waals surface area contributed by atoms with E-state index < -0.39 is 10.0 Å². The molecule has 1 fully saturated rings. The van der Waals surface area contributed by atoms with E-state index in [-0.39, 0.29) is 6.04 Å². The van der Waals surface area contributed by atoms with Gasteiger partial charge in [0, 0.05) is 24.1 Å². The van der Waals surface area contributed by atoms with Gasteiger partial charge in [-0.3, -0.25) is 0 Å². The van der Waals surface area contributed by atoms with Crippen molar-refractivity contribution in [1.82, 2.24) is 24.1 Å². The molecule has 0 amide bonds. The number of para-hydroxylation sites is 1. The maximum absolute atomic E-state index is 12.5. The van der Waals surface area contributed by atoms with Crippen molar-refractivity contribution in [3.63, 3.8) is 0 Å². The Labute approximate surface area is 197 Å². The van der Waals surface area contributed by atoms with Crippen LogP contribution in [-0.4, -0.2) is 45.6 Å². The molecule has 2 aromatic carbocycles. The number of sulfonamides is 1. The molecule has 1 unspecified atom stereocenters. The number of rotatable bonds is 6. The summed E-state index contributed by atoms with van der Waals surface area (Å²) in [6, 6.07) is 16.9. The number of nitrogens with two attached hydrogens (primary N) is 1. The summed E-state index contributed by atoms with van der Waals surface area (Å²) < 4.78 is 34.1. The van der Waals surface area contributed by atoms with Gasteiger partial charge in [-0.05, 0) is 49.7 Å². The Hall–Kier alpha value is -3.76. The molecule has 3 heterocycles. The number of allylic oxidation sites excluding steroid dienone is 1. The molecule has 4 aromatic rings. The zero-order chi connectivity index (χ0) is 23.7. The fourth-order valence-corrected chi connectivity index (χ4v) is 5.41. The van der Waals surface area contributed by atoms with Gasteiger partial charge >= 0.3 is 0 Å². The summed E-state index contributed by atoms with van der Waals surface area (Å²) in [7, 11) is -3.45. The SMILES string of the molecule is C/C=C/S(=O)(=O)N1CCC(n2nc(-c3ccc(Oc4ccccc4)cc3)c3c(N)ncnc32)C1. The lowest BCUT2D eigenvalue weighted by Crippen LogP contribution is -2.27. The lowest BCUT2D eigenvalue weighted by molar-refractivity contribution is 0.445. The number of hydrogen-bond donors (Lipinski definition) is 1. The number of aromatic nitrogens is 4. The van der Waals surface area contributed by atoms with Crippen molar-refractivity contribution < 1.29 is 13.2 Å². The molecule has 1 aliphatic rings. The van der Waals surface area contributed by atoms with Crippen LogP contribution in [-0.2, 0) is 10.0 Å². The molecule has 1 atom stereocenters. The van der Waals surface area contributed by atoms with Crippen LogP contribution in [0, 0.1) is 0 Å². The second kappa shape index (κ2) is 8.88. The van der Waals surface area contributed by atoms with Crippen molar-refractivity contribution in [1.29, 1.82) is 0 Å². The van der Waals surface area contributed by atoms with Gasteiger partial charge in [-0.1, -0.05) is 24.3 Å². The van der Waals surface area contributed by atoms with Gasteiger partial charge in [0.2, 0.25) is 10.0 Å². The Bertz CT molecular complexity index is 1450. The second-order valence-electron chi connectivity index (χ2n) is 8.01. The molecule has 10 heteroatoms. The zero-order valence-corrected chi connectivity index (χ0v) is 19.4. The topological polar surface area (TPSA) is 116 Å². The van der Waals surface area contributed by atoms with Crippen molar-refractivity contribution in [3.05, 3.63) is 72.4 Å². The van der Waals surface area contributed by atoms with Crippen LogP contribution < -0.4 is 10.5 Å². The van der Waals surface area contributed by atoms with Gasteiger partial charge < -0.3 is 10.5 Å². The lowest BCUT2D eigenvalue weighted by atomic mass is 10.1. The molecule has 0 radical (unpaired) electrons. The highest BCUT2D eigenvalue weighted by molar-refractivity contribution is 7.92. The van der Waals surface area contributed by atoms with E-state index >= 15 is 0 Å². The fourth-order valence-electron chi connectivity index (χ4n) is 4.16. The smallest absolute Gasteiger partial charge is 0.235 e. The van der Waals surface area contributed by atoms with E-state index in [0.717, 1.165) is 11.3 Å². The van der Waals surface area contributed by atoms with Gasteiger partial charge in [0.15, 0.2) is 5.65 Å². The van der Waals surface area contributed by atoms with E-state index in [4.69, 9.17) is 15.6 Å². The first-order chi connectivity index (χ1) is 16.5. The molecule has 2 aromatic heterocycles. The molecule has 34 heavy (non-hydrogen) atoms. The number of benzene rings is 2. The first-order valence-corrected chi connectivity index (χ1v) is 12.4. The summed E-state index contributed by atoms with van der Waals surface area (Å²) in [6.07, 6.45) is 3.56.